The zero-order valence-corrected chi connectivity index (χ0v) is 21.7. The predicted octanol–water partition coefficient (Wildman–Crippen LogP) is 3.94. The molecule has 0 bridgehead atoms. The van der Waals surface area contributed by atoms with Gasteiger partial charge in [0.1, 0.15) is 11.5 Å². The van der Waals surface area contributed by atoms with E-state index in [1.165, 1.54) is 12.0 Å². The summed E-state index contributed by atoms with van der Waals surface area (Å²) in [5.41, 5.74) is 2.18. The molecular formula is C25H30BrN3O5. The maximum absolute atomic E-state index is 13.3. The van der Waals surface area contributed by atoms with Gasteiger partial charge in [-0.3, -0.25) is 9.59 Å². The van der Waals surface area contributed by atoms with E-state index in [-0.39, 0.29) is 17.0 Å². The smallest absolute Gasteiger partial charge is 0.354 e. The Labute approximate surface area is 207 Å². The Morgan fingerprint density at radius 1 is 1.18 bits per heavy atom. The van der Waals surface area contributed by atoms with E-state index in [0.29, 0.717) is 35.5 Å². The summed E-state index contributed by atoms with van der Waals surface area (Å²) < 4.78 is 5.67. The van der Waals surface area contributed by atoms with Crippen molar-refractivity contribution in [1.82, 2.24) is 14.8 Å². The number of aliphatic hydroxyl groups is 1. The molecule has 34 heavy (non-hydrogen) atoms. The number of halogens is 1. The van der Waals surface area contributed by atoms with Crippen LogP contribution in [0.4, 0.5) is 0 Å². The number of aryl methyl sites for hydroxylation is 1. The molecule has 8 nitrogen and oxygen atoms in total. The van der Waals surface area contributed by atoms with Crippen LogP contribution in [-0.4, -0.2) is 70.8 Å². The van der Waals surface area contributed by atoms with Crippen LogP contribution >= 0.6 is 15.9 Å². The molecule has 1 aliphatic heterocycles. The molecule has 1 aromatic carbocycles. The normalized spacial score (nSPS) is 17.6. The Bertz CT molecular complexity index is 1130. The van der Waals surface area contributed by atoms with Gasteiger partial charge in [-0.15, -0.1) is 0 Å². The number of Topliss-reactive ketones (excluding diaryl/α,β-unsaturated/α-hetero) is 1. The van der Waals surface area contributed by atoms with E-state index in [1.807, 2.05) is 38.1 Å². The number of benzene rings is 1. The second-order valence-electron chi connectivity index (χ2n) is 8.19. The maximum Gasteiger partial charge on any atom is 0.354 e. The fourth-order valence-electron chi connectivity index (χ4n) is 4.44. The number of carbonyl (C=O) groups is 3. The highest BCUT2D eigenvalue weighted by Gasteiger charge is 2.46. The highest BCUT2D eigenvalue weighted by Crippen LogP contribution is 2.41. The van der Waals surface area contributed by atoms with E-state index >= 15 is 0 Å². The Balaban J connectivity index is 2.17. The van der Waals surface area contributed by atoms with Gasteiger partial charge in [0.25, 0.3) is 11.7 Å². The second kappa shape index (κ2) is 10.6. The summed E-state index contributed by atoms with van der Waals surface area (Å²) >= 11 is 3.42. The summed E-state index contributed by atoms with van der Waals surface area (Å²) in [6.07, 6.45) is 0. The van der Waals surface area contributed by atoms with Gasteiger partial charge in [-0.05, 0) is 50.2 Å². The lowest BCUT2D eigenvalue weighted by molar-refractivity contribution is -0.140. The summed E-state index contributed by atoms with van der Waals surface area (Å²) in [6, 6.07) is 6.58. The molecule has 1 aliphatic rings. The van der Waals surface area contributed by atoms with Gasteiger partial charge in [-0.1, -0.05) is 41.9 Å². The molecule has 2 N–H and O–H groups in total. The average molecular weight is 532 g/mol. The first-order valence-electron chi connectivity index (χ1n) is 11.2. The molecule has 1 atom stereocenters. The first-order valence-corrected chi connectivity index (χ1v) is 12.0. The minimum atomic E-state index is -0.751. The van der Waals surface area contributed by atoms with Crippen LogP contribution in [0.5, 0.6) is 0 Å². The SMILES string of the molecule is CCN(CC)CCN1C(=O)C(=O)C(=C(O)c2c(C)[nH]c(C(=O)OC)c2C)[C@H]1c1ccc(Br)cc1. The zero-order valence-electron chi connectivity index (χ0n) is 20.1. The number of methoxy groups -OCH3 is 1. The Morgan fingerprint density at radius 2 is 1.79 bits per heavy atom. The Kier molecular flexibility index (Phi) is 7.99. The minimum absolute atomic E-state index is 0.00786. The van der Waals surface area contributed by atoms with Crippen LogP contribution in [0.25, 0.3) is 5.76 Å². The van der Waals surface area contributed by atoms with Crippen LogP contribution < -0.4 is 0 Å². The molecule has 0 saturated carbocycles. The molecule has 1 aromatic heterocycles. The van der Waals surface area contributed by atoms with E-state index in [1.54, 1.807) is 13.8 Å². The number of H-pyrrole nitrogens is 1. The number of aromatic amines is 1. The number of hydrogen-bond donors (Lipinski definition) is 2. The summed E-state index contributed by atoms with van der Waals surface area (Å²) in [6.45, 7) is 10.0. The number of ether oxygens (including phenoxy) is 1. The summed E-state index contributed by atoms with van der Waals surface area (Å²) in [4.78, 5) is 45.2. The van der Waals surface area contributed by atoms with Gasteiger partial charge < -0.3 is 24.6 Å². The lowest BCUT2D eigenvalue weighted by Crippen LogP contribution is -2.38. The van der Waals surface area contributed by atoms with E-state index in [0.717, 1.165) is 17.6 Å². The minimum Gasteiger partial charge on any atom is -0.507 e. The highest BCUT2D eigenvalue weighted by molar-refractivity contribution is 9.10. The summed E-state index contributed by atoms with van der Waals surface area (Å²) in [7, 11) is 1.27. The van der Waals surface area contributed by atoms with Gasteiger partial charge in [-0.25, -0.2) is 4.79 Å². The number of aromatic nitrogens is 1. The predicted molar refractivity (Wildman–Crippen MR) is 133 cm³/mol. The van der Waals surface area contributed by atoms with Gasteiger partial charge in [-0.2, -0.15) is 0 Å². The lowest BCUT2D eigenvalue weighted by atomic mass is 9.94. The fourth-order valence-corrected chi connectivity index (χ4v) is 4.70. The van der Waals surface area contributed by atoms with Crippen LogP contribution in [-0.2, 0) is 14.3 Å². The third kappa shape index (κ3) is 4.67. The number of nitrogens with one attached hydrogen (secondary N) is 1. The number of likely N-dealkylation sites (N-methyl/N-ethyl adjacent to an activating group) is 1. The number of esters is 1. The molecular weight excluding hydrogens is 502 g/mol. The molecule has 2 aromatic rings. The van der Waals surface area contributed by atoms with Crippen LogP contribution in [0, 0.1) is 13.8 Å². The van der Waals surface area contributed by atoms with E-state index in [2.05, 4.69) is 25.8 Å². The van der Waals surface area contributed by atoms with Crippen molar-refractivity contribution in [2.24, 2.45) is 0 Å². The van der Waals surface area contributed by atoms with Crippen LogP contribution in [0.3, 0.4) is 0 Å². The molecule has 0 unspecified atom stereocenters. The van der Waals surface area contributed by atoms with Gasteiger partial charge >= 0.3 is 5.97 Å². The average Bonchev–Trinajstić information content (AvgIpc) is 3.26. The molecule has 3 rings (SSSR count). The maximum atomic E-state index is 13.3. The zero-order chi connectivity index (χ0) is 25.2. The van der Waals surface area contributed by atoms with Gasteiger partial charge in [0, 0.05) is 28.8 Å². The first kappa shape index (κ1) is 25.7. The number of ketones is 1. The largest absolute Gasteiger partial charge is 0.507 e. The highest BCUT2D eigenvalue weighted by atomic mass is 79.9. The van der Waals surface area contributed by atoms with Gasteiger partial charge in [0.2, 0.25) is 0 Å². The summed E-state index contributed by atoms with van der Waals surface area (Å²) in [5.74, 6) is -2.29. The summed E-state index contributed by atoms with van der Waals surface area (Å²) in [5, 5.41) is 11.4. The topological polar surface area (TPSA) is 103 Å². The number of aliphatic hydroxyl groups excluding tert-OH is 1. The van der Waals surface area contributed by atoms with Crippen LogP contribution in [0.1, 0.15) is 52.8 Å². The van der Waals surface area contributed by atoms with Crippen molar-refractivity contribution in [3.63, 3.8) is 0 Å². The molecule has 0 radical (unpaired) electrons. The number of hydrogen-bond acceptors (Lipinski definition) is 6. The van der Waals surface area contributed by atoms with E-state index < -0.39 is 23.7 Å². The Hall–Kier alpha value is -2.91. The molecule has 1 fully saturated rings. The number of carbonyl (C=O) groups excluding carboxylic acids is 3. The van der Waals surface area contributed by atoms with Crippen LogP contribution in [0.15, 0.2) is 34.3 Å². The van der Waals surface area contributed by atoms with Gasteiger partial charge in [0.05, 0.1) is 18.7 Å². The molecule has 0 spiro atoms. The lowest BCUT2D eigenvalue weighted by Gasteiger charge is -2.28. The van der Waals surface area contributed by atoms with Crippen molar-refractivity contribution >= 4 is 39.3 Å². The van der Waals surface area contributed by atoms with E-state index in [4.69, 9.17) is 4.74 Å². The van der Waals surface area contributed by atoms with Crippen molar-refractivity contribution in [1.29, 1.82) is 0 Å². The van der Waals surface area contributed by atoms with Gasteiger partial charge in [0.15, 0.2) is 0 Å². The molecule has 182 valence electrons. The van der Waals surface area contributed by atoms with Crippen molar-refractivity contribution in [3.8, 4) is 0 Å². The third-order valence-electron chi connectivity index (χ3n) is 6.34. The Morgan fingerprint density at radius 3 is 2.35 bits per heavy atom. The molecule has 9 heteroatoms. The number of nitrogens with zero attached hydrogens (tertiary/aromatic N) is 2. The third-order valence-corrected chi connectivity index (χ3v) is 6.87. The van der Waals surface area contributed by atoms with Crippen molar-refractivity contribution in [2.45, 2.75) is 33.7 Å². The number of likely N-dealkylation sites (tertiary alicyclic amines) is 1. The monoisotopic (exact) mass is 531 g/mol. The number of amides is 1. The molecule has 1 saturated heterocycles. The van der Waals surface area contributed by atoms with Crippen molar-refractivity contribution < 1.29 is 24.2 Å². The fraction of sp³-hybridized carbons (Fsp3) is 0.400. The number of rotatable bonds is 8. The molecule has 0 aliphatic carbocycles. The van der Waals surface area contributed by atoms with Crippen molar-refractivity contribution in [2.75, 3.05) is 33.3 Å². The first-order chi connectivity index (χ1) is 16.2. The molecule has 1 amide bonds. The quantitative estimate of drug-likeness (QED) is 0.231. The van der Waals surface area contributed by atoms with E-state index in [9.17, 15) is 19.5 Å². The van der Waals surface area contributed by atoms with Crippen molar-refractivity contribution in [3.05, 3.63) is 62.4 Å². The molecule has 2 heterocycles. The standard InChI is InChI=1S/C25H30BrN3O5/c1-6-28(7-2)12-13-29-21(16-8-10-17(26)11-9-16)19(23(31)24(29)32)22(30)18-14(3)20(25(33)34-5)27-15(18)4/h8-11,21,27,30H,6-7,12-13H2,1-5H3/t21-/m1/s1. The second-order valence-corrected chi connectivity index (χ2v) is 9.10. The van der Waals surface area contributed by atoms with Crippen LogP contribution in [0.2, 0.25) is 0 Å².